The predicted molar refractivity (Wildman–Crippen MR) is 179 cm³/mol. The van der Waals surface area contributed by atoms with Crippen molar-refractivity contribution in [2.75, 3.05) is 0 Å². The van der Waals surface area contributed by atoms with E-state index < -0.39 is 0 Å². The normalized spacial score (nSPS) is 17.4. The van der Waals surface area contributed by atoms with Crippen LogP contribution < -0.4 is 9.47 Å². The van der Waals surface area contributed by atoms with Gasteiger partial charge < -0.3 is 18.3 Å². The van der Waals surface area contributed by atoms with E-state index in [1.54, 1.807) is 24.3 Å². The highest BCUT2D eigenvalue weighted by Gasteiger charge is 2.39. The van der Waals surface area contributed by atoms with Crippen molar-refractivity contribution in [3.05, 3.63) is 107 Å². The Balaban J connectivity index is 1.27. The molecule has 3 atom stereocenters. The molecule has 6 aromatic rings. The topological polar surface area (TPSA) is 78.9 Å². The molecule has 46 heavy (non-hydrogen) atoms. The van der Waals surface area contributed by atoms with Crippen molar-refractivity contribution in [2.45, 2.75) is 59.8 Å². The summed E-state index contributed by atoms with van der Waals surface area (Å²) in [5, 5.41) is 2.23. The van der Waals surface area contributed by atoms with Gasteiger partial charge in [0.2, 0.25) is 0 Å². The first kappa shape index (κ1) is 29.6. The second kappa shape index (κ2) is 11.4. The zero-order valence-corrected chi connectivity index (χ0v) is 26.9. The molecule has 1 aliphatic carbocycles. The van der Waals surface area contributed by atoms with E-state index in [0.29, 0.717) is 23.3 Å². The number of aryl methyl sites for hydroxylation is 2. The van der Waals surface area contributed by atoms with E-state index in [-0.39, 0.29) is 17.9 Å². The number of carbonyl (C=O) groups is 2. The van der Waals surface area contributed by atoms with Crippen molar-refractivity contribution in [1.82, 2.24) is 0 Å². The van der Waals surface area contributed by atoms with E-state index in [0.717, 1.165) is 62.1 Å². The van der Waals surface area contributed by atoms with E-state index in [9.17, 15) is 9.59 Å². The minimum absolute atomic E-state index is 0.214. The average Bonchev–Trinajstić information content (AvgIpc) is 3.63. The maximum absolute atomic E-state index is 11.4. The molecular weight excluding hydrogens is 576 g/mol. The quantitative estimate of drug-likeness (QED) is 0.138. The van der Waals surface area contributed by atoms with E-state index in [2.05, 4.69) is 58.0 Å². The molecule has 0 bridgehead atoms. The summed E-state index contributed by atoms with van der Waals surface area (Å²) in [5.41, 5.74) is 9.77. The number of ether oxygens (including phenoxy) is 2. The van der Waals surface area contributed by atoms with Crippen molar-refractivity contribution in [1.29, 1.82) is 0 Å². The van der Waals surface area contributed by atoms with Crippen LogP contribution in [0.5, 0.6) is 11.5 Å². The van der Waals surface area contributed by atoms with Gasteiger partial charge >= 0.3 is 11.9 Å². The third kappa shape index (κ3) is 4.98. The summed E-state index contributed by atoms with van der Waals surface area (Å²) in [6, 6.07) is 26.1. The average molecular weight is 613 g/mol. The Hall–Kier alpha value is -5.10. The van der Waals surface area contributed by atoms with Crippen LogP contribution >= 0.6 is 0 Å². The lowest BCUT2D eigenvalue weighted by Gasteiger charge is -2.21. The van der Waals surface area contributed by atoms with Gasteiger partial charge in [-0.1, -0.05) is 19.9 Å². The smallest absolute Gasteiger partial charge is 0.308 e. The number of esters is 2. The highest BCUT2D eigenvalue weighted by Crippen LogP contribution is 2.53. The van der Waals surface area contributed by atoms with Crippen molar-refractivity contribution in [2.24, 2.45) is 5.92 Å². The van der Waals surface area contributed by atoms with Crippen molar-refractivity contribution < 1.29 is 27.9 Å². The van der Waals surface area contributed by atoms with Gasteiger partial charge in [-0.2, -0.15) is 0 Å². The minimum Gasteiger partial charge on any atom is -0.456 e. The minimum atomic E-state index is -0.344. The van der Waals surface area contributed by atoms with Crippen molar-refractivity contribution in [3.8, 4) is 34.1 Å². The Bertz CT molecular complexity index is 2130. The van der Waals surface area contributed by atoms with Crippen LogP contribution in [-0.4, -0.2) is 11.9 Å². The fourth-order valence-electron chi connectivity index (χ4n) is 7.43. The molecule has 0 aliphatic heterocycles. The van der Waals surface area contributed by atoms with Crippen LogP contribution in [0.15, 0.2) is 87.7 Å². The number of hydrogen-bond acceptors (Lipinski definition) is 6. The summed E-state index contributed by atoms with van der Waals surface area (Å²) in [7, 11) is 0. The fourth-order valence-corrected chi connectivity index (χ4v) is 7.43. The van der Waals surface area contributed by atoms with E-state index in [1.165, 1.54) is 30.5 Å². The number of rotatable bonds is 6. The maximum Gasteiger partial charge on any atom is 0.308 e. The number of carbonyl (C=O) groups excluding carboxylic acids is 2. The largest absolute Gasteiger partial charge is 0.456 e. The molecule has 0 spiro atoms. The molecule has 2 aromatic heterocycles. The summed E-state index contributed by atoms with van der Waals surface area (Å²) in [4.78, 5) is 22.7. The second-order valence-corrected chi connectivity index (χ2v) is 12.4. The van der Waals surface area contributed by atoms with E-state index in [1.807, 2.05) is 24.3 Å². The lowest BCUT2D eigenvalue weighted by molar-refractivity contribution is -0.132. The standard InChI is InChI=1S/C40H36O6/c1-7-31-21(2)38(28-12-17-36-32(18-28)22(3)39(45-36)26-8-13-29(14-9-26)43-24(5)41)35-20-37-33(19-34(31)35)23(4)40(46-37)27-10-15-30(16-11-27)44-25(6)42/h8-21,31,38H,7H2,1-6H3/t21-,31+,38-/m1/s1. The van der Waals surface area contributed by atoms with Gasteiger partial charge in [-0.05, 0) is 122 Å². The van der Waals surface area contributed by atoms with Crippen LogP contribution in [0, 0.1) is 19.8 Å². The SMILES string of the molecule is CC[C@@H]1c2cc3c(C)c(-c4ccc(OC(C)=O)cc4)oc3cc2[C@@H](c2ccc3oc(-c4ccc(OC(C)=O)cc4)c(C)c3c2)[C@@H]1C. The van der Waals surface area contributed by atoms with Gasteiger partial charge in [0.15, 0.2) is 0 Å². The van der Waals surface area contributed by atoms with Gasteiger partial charge in [0, 0.05) is 52.8 Å². The lowest BCUT2D eigenvalue weighted by atomic mass is 9.82. The molecule has 2 heterocycles. The molecule has 232 valence electrons. The van der Waals surface area contributed by atoms with E-state index in [4.69, 9.17) is 18.3 Å². The molecule has 1 aliphatic rings. The molecule has 0 saturated heterocycles. The second-order valence-electron chi connectivity index (χ2n) is 12.4. The summed E-state index contributed by atoms with van der Waals surface area (Å²) in [6.45, 7) is 11.6. The summed E-state index contributed by atoms with van der Waals surface area (Å²) in [5.74, 6) is 3.04. The van der Waals surface area contributed by atoms with Gasteiger partial charge in [0.05, 0.1) is 0 Å². The predicted octanol–water partition coefficient (Wildman–Crippen LogP) is 10.3. The van der Waals surface area contributed by atoms with Crippen LogP contribution in [0.1, 0.15) is 73.8 Å². The molecule has 0 radical (unpaired) electrons. The van der Waals surface area contributed by atoms with Crippen LogP contribution in [0.2, 0.25) is 0 Å². The lowest BCUT2D eigenvalue weighted by Crippen LogP contribution is -2.09. The zero-order valence-electron chi connectivity index (χ0n) is 26.9. The Kier molecular flexibility index (Phi) is 7.31. The Labute approximate surface area is 267 Å². The molecule has 6 heteroatoms. The van der Waals surface area contributed by atoms with Crippen molar-refractivity contribution in [3.63, 3.8) is 0 Å². The first-order valence-corrected chi connectivity index (χ1v) is 15.8. The van der Waals surface area contributed by atoms with Crippen LogP contribution in [0.3, 0.4) is 0 Å². The highest BCUT2D eigenvalue weighted by atomic mass is 16.5. The molecule has 0 unspecified atom stereocenters. The molecule has 0 N–H and O–H groups in total. The number of furan rings is 2. The molecule has 4 aromatic carbocycles. The Morgan fingerprint density at radius 1 is 0.674 bits per heavy atom. The van der Waals surface area contributed by atoms with Gasteiger partial charge in [0.1, 0.15) is 34.2 Å². The summed E-state index contributed by atoms with van der Waals surface area (Å²) in [6.07, 6.45) is 1.05. The van der Waals surface area contributed by atoms with Crippen molar-refractivity contribution >= 4 is 33.9 Å². The highest BCUT2D eigenvalue weighted by molar-refractivity contribution is 5.91. The zero-order chi connectivity index (χ0) is 32.3. The monoisotopic (exact) mass is 612 g/mol. The van der Waals surface area contributed by atoms with Gasteiger partial charge in [0.25, 0.3) is 0 Å². The first-order chi connectivity index (χ1) is 22.1. The molecular formula is C40H36O6. The van der Waals surface area contributed by atoms with Crippen LogP contribution in [0.25, 0.3) is 44.6 Å². The van der Waals surface area contributed by atoms with Gasteiger partial charge in [-0.3, -0.25) is 9.59 Å². The number of fused-ring (bicyclic) bond motifs is 3. The van der Waals surface area contributed by atoms with Gasteiger partial charge in [-0.25, -0.2) is 0 Å². The van der Waals surface area contributed by atoms with Crippen LogP contribution in [0.4, 0.5) is 0 Å². The van der Waals surface area contributed by atoms with E-state index >= 15 is 0 Å². The summed E-state index contributed by atoms with van der Waals surface area (Å²) < 4.78 is 23.3. The maximum atomic E-state index is 11.4. The molecule has 7 rings (SSSR count). The molecule has 0 fully saturated rings. The van der Waals surface area contributed by atoms with Crippen LogP contribution in [-0.2, 0) is 9.59 Å². The number of benzene rings is 4. The Morgan fingerprint density at radius 3 is 1.72 bits per heavy atom. The van der Waals surface area contributed by atoms with Gasteiger partial charge in [-0.15, -0.1) is 0 Å². The third-order valence-electron chi connectivity index (χ3n) is 9.55. The molecule has 0 saturated carbocycles. The Morgan fingerprint density at radius 2 is 1.20 bits per heavy atom. The third-order valence-corrected chi connectivity index (χ3v) is 9.55. The summed E-state index contributed by atoms with van der Waals surface area (Å²) >= 11 is 0. The fraction of sp³-hybridized carbons (Fsp3) is 0.250. The number of hydrogen-bond donors (Lipinski definition) is 0. The molecule has 6 nitrogen and oxygen atoms in total. The first-order valence-electron chi connectivity index (χ1n) is 15.8. The molecule has 0 amide bonds.